The average Bonchev–Trinajstić information content (AvgIpc) is 2.53. The summed E-state index contributed by atoms with van der Waals surface area (Å²) in [6.07, 6.45) is 1.08. The summed E-state index contributed by atoms with van der Waals surface area (Å²) in [4.78, 5) is 7.63. The van der Waals surface area contributed by atoms with E-state index in [0.29, 0.717) is 16.1 Å². The van der Waals surface area contributed by atoms with E-state index in [1.165, 1.54) is 12.3 Å². The first-order valence-electron chi connectivity index (χ1n) is 6.95. The van der Waals surface area contributed by atoms with Crippen LogP contribution in [-0.4, -0.2) is 30.4 Å². The summed E-state index contributed by atoms with van der Waals surface area (Å²) in [6.45, 7) is 1.55. The molecular formula is C15H15F3N4OS2. The highest BCUT2D eigenvalue weighted by molar-refractivity contribution is 8.01. The molecule has 0 fully saturated rings. The van der Waals surface area contributed by atoms with E-state index in [-0.39, 0.29) is 5.11 Å². The van der Waals surface area contributed by atoms with Crippen LogP contribution in [0.15, 0.2) is 42.9 Å². The lowest BCUT2D eigenvalue weighted by molar-refractivity contribution is -0.141. The summed E-state index contributed by atoms with van der Waals surface area (Å²) in [5.41, 5.74) is -0.0606. The average molecular weight is 388 g/mol. The van der Waals surface area contributed by atoms with Gasteiger partial charge in [0.15, 0.2) is 5.11 Å². The molecule has 5 nitrogen and oxygen atoms in total. The number of thiocarbonyl (C=S) groups is 1. The highest BCUT2D eigenvalue weighted by atomic mass is 32.2. The molecule has 0 aliphatic heterocycles. The van der Waals surface area contributed by atoms with E-state index >= 15 is 0 Å². The predicted octanol–water partition coefficient (Wildman–Crippen LogP) is 2.85. The lowest BCUT2D eigenvalue weighted by atomic mass is 10.2. The Labute approximate surface area is 148 Å². The third-order valence-electron chi connectivity index (χ3n) is 3.25. The molecule has 0 saturated heterocycles. The van der Waals surface area contributed by atoms with Gasteiger partial charge in [-0.1, -0.05) is 6.07 Å². The van der Waals surface area contributed by atoms with Gasteiger partial charge in [0.2, 0.25) is 0 Å². The first-order valence-corrected chi connectivity index (χ1v) is 9.32. The van der Waals surface area contributed by atoms with Crippen molar-refractivity contribution < 1.29 is 17.4 Å². The monoisotopic (exact) mass is 388 g/mol. The molecule has 0 aliphatic carbocycles. The predicted molar refractivity (Wildman–Crippen MR) is 96.7 cm³/mol. The van der Waals surface area contributed by atoms with Crippen molar-refractivity contribution in [3.05, 3.63) is 54.1 Å². The Bertz CT molecular complexity index is 874. The molecule has 0 amide bonds. The number of alkyl halides is 3. The maximum Gasteiger partial charge on any atom is 0.433 e. The van der Waals surface area contributed by atoms with Crippen LogP contribution in [0.2, 0.25) is 0 Å². The van der Waals surface area contributed by atoms with Crippen molar-refractivity contribution in [1.29, 1.82) is 0 Å². The van der Waals surface area contributed by atoms with Crippen LogP contribution in [0.1, 0.15) is 18.2 Å². The normalized spacial score (nSPS) is 13.6. The van der Waals surface area contributed by atoms with E-state index in [4.69, 9.17) is 12.2 Å². The van der Waals surface area contributed by atoms with Crippen LogP contribution in [-0.2, 0) is 15.9 Å². The Morgan fingerprint density at radius 1 is 1.24 bits per heavy atom. The van der Waals surface area contributed by atoms with Crippen LogP contribution < -0.4 is 10.0 Å². The summed E-state index contributed by atoms with van der Waals surface area (Å²) < 4.78 is 53.2. The number of aromatic nitrogens is 2. The van der Waals surface area contributed by atoms with Gasteiger partial charge in [-0.05, 0) is 37.3 Å². The highest BCUT2D eigenvalue weighted by Gasteiger charge is 2.32. The van der Waals surface area contributed by atoms with E-state index in [0.717, 1.165) is 12.3 Å². The second-order valence-corrected chi connectivity index (χ2v) is 8.04. The zero-order valence-electron chi connectivity index (χ0n) is 13.3. The van der Waals surface area contributed by atoms with Gasteiger partial charge in [0.05, 0.1) is 21.6 Å². The van der Waals surface area contributed by atoms with E-state index in [2.05, 4.69) is 20.0 Å². The van der Waals surface area contributed by atoms with E-state index < -0.39 is 21.6 Å². The topological polar surface area (TPSA) is 66.9 Å². The lowest BCUT2D eigenvalue weighted by Crippen LogP contribution is -2.36. The molecule has 0 radical (unpaired) electrons. The Hall–Kier alpha value is -2.20. The number of hydrogen-bond donors (Lipinski definition) is 2. The smallest absolute Gasteiger partial charge is 0.331 e. The molecule has 0 spiro atoms. The Kier molecular flexibility index (Phi) is 5.63. The molecule has 2 heterocycles. The fourth-order valence-electron chi connectivity index (χ4n) is 1.84. The molecule has 134 valence electrons. The lowest BCUT2D eigenvalue weighted by Gasteiger charge is -2.16. The Morgan fingerprint density at radius 2 is 1.96 bits per heavy atom. The van der Waals surface area contributed by atoms with Crippen LogP contribution in [0.5, 0.6) is 0 Å². The molecule has 0 aromatic carbocycles. The van der Waals surface area contributed by atoms with Gasteiger partial charge in [-0.15, -0.1) is 0 Å². The van der Waals surface area contributed by atoms with Crippen molar-refractivity contribution in [1.82, 2.24) is 14.7 Å². The maximum absolute atomic E-state index is 12.8. The van der Waals surface area contributed by atoms with Crippen LogP contribution in [0.4, 0.5) is 18.9 Å². The third-order valence-corrected chi connectivity index (χ3v) is 5.58. The number of hydrogen-bond acceptors (Lipinski definition) is 4. The second kappa shape index (κ2) is 7.36. The van der Waals surface area contributed by atoms with Crippen molar-refractivity contribution in [3.8, 4) is 0 Å². The van der Waals surface area contributed by atoms with Gasteiger partial charge in [0.25, 0.3) is 0 Å². The largest absolute Gasteiger partial charge is 0.433 e. The van der Waals surface area contributed by atoms with Crippen molar-refractivity contribution in [2.45, 2.75) is 13.1 Å². The molecule has 2 aromatic heterocycles. The van der Waals surface area contributed by atoms with E-state index in [1.54, 1.807) is 31.5 Å². The summed E-state index contributed by atoms with van der Waals surface area (Å²) in [7, 11) is -2.81. The number of pyridine rings is 2. The number of anilines is 1. The first-order chi connectivity index (χ1) is 11.6. The second-order valence-electron chi connectivity index (χ2n) is 5.13. The summed E-state index contributed by atoms with van der Waals surface area (Å²) in [5.74, 6) is 0. The highest BCUT2D eigenvalue weighted by Crippen LogP contribution is 2.27. The Morgan fingerprint density at radius 3 is 2.48 bits per heavy atom. The molecule has 25 heavy (non-hydrogen) atoms. The van der Waals surface area contributed by atoms with Crippen LogP contribution in [0.3, 0.4) is 0 Å². The molecule has 2 rings (SSSR count). The van der Waals surface area contributed by atoms with Crippen molar-refractivity contribution in [2.24, 2.45) is 0 Å². The number of nitrogens with one attached hydrogen (secondary N) is 2. The molecule has 0 saturated carbocycles. The van der Waals surface area contributed by atoms with Crippen LogP contribution >= 0.6 is 12.2 Å². The zero-order valence-corrected chi connectivity index (χ0v) is 14.9. The van der Waals surface area contributed by atoms with Gasteiger partial charge in [0, 0.05) is 29.1 Å². The van der Waals surface area contributed by atoms with Gasteiger partial charge in [-0.2, -0.15) is 13.2 Å². The van der Waals surface area contributed by atoms with Gasteiger partial charge < -0.3 is 5.32 Å². The standard InChI is InChI=1S/C15H15F3N4OS2/c1-10(11-5-6-13(20-8-11)15(16,17)18)25(2,23)22-14(24)21-12-4-3-7-19-9-12/h3-9H,1-2H3,(H2,21,22,23,24). The fourth-order valence-corrected chi connectivity index (χ4v) is 3.56. The zero-order chi connectivity index (χ0) is 18.7. The first kappa shape index (κ1) is 19.1. The number of halogens is 3. The van der Waals surface area contributed by atoms with Crippen LogP contribution in [0, 0.1) is 0 Å². The minimum absolute atomic E-state index is 0.111. The molecule has 10 heteroatoms. The maximum atomic E-state index is 12.8. The van der Waals surface area contributed by atoms with E-state index in [9.17, 15) is 17.4 Å². The minimum Gasteiger partial charge on any atom is -0.331 e. The fraction of sp³-hybridized carbons (Fsp3) is 0.200. The Balaban J connectivity index is 2.20. The van der Waals surface area contributed by atoms with Gasteiger partial charge >= 0.3 is 6.18 Å². The quantitative estimate of drug-likeness (QED) is 0.625. The summed E-state index contributed by atoms with van der Waals surface area (Å²) >= 11 is 5.12. The number of nitrogens with zero attached hydrogens (tertiary/aromatic N) is 2. The van der Waals surface area contributed by atoms with Gasteiger partial charge in [-0.3, -0.25) is 14.7 Å². The van der Waals surface area contributed by atoms with Crippen molar-refractivity contribution in [3.63, 3.8) is 0 Å². The van der Waals surface area contributed by atoms with Crippen molar-refractivity contribution in [2.75, 3.05) is 11.6 Å². The number of rotatable bonds is 3. The molecule has 0 bridgehead atoms. The molecule has 1 atom stereocenters. The molecule has 2 aromatic rings. The van der Waals surface area contributed by atoms with Gasteiger partial charge in [-0.25, -0.2) is 4.21 Å². The van der Waals surface area contributed by atoms with E-state index in [1.807, 2.05) is 0 Å². The summed E-state index contributed by atoms with van der Waals surface area (Å²) in [5, 5.41) is 2.95. The summed E-state index contributed by atoms with van der Waals surface area (Å²) in [6, 6.07) is 5.52. The SMILES string of the molecule is CC(c1ccc(C(F)(F)F)nc1)=S(C)(=O)NC(=S)Nc1cccnc1. The molecule has 0 aliphatic rings. The molecule has 2 N–H and O–H groups in total. The van der Waals surface area contributed by atoms with Crippen molar-refractivity contribution >= 4 is 37.6 Å². The third kappa shape index (κ3) is 5.13. The van der Waals surface area contributed by atoms with Gasteiger partial charge in [0.1, 0.15) is 5.69 Å². The molecule has 1 unspecified atom stereocenters. The minimum atomic E-state index is -4.52. The van der Waals surface area contributed by atoms with Crippen LogP contribution in [0.25, 0.3) is 0 Å². The molecular weight excluding hydrogens is 373 g/mol.